The lowest BCUT2D eigenvalue weighted by Crippen LogP contribution is -2.04. The average molecular weight is 677 g/mol. The van der Waals surface area contributed by atoms with Crippen molar-refractivity contribution in [3.05, 3.63) is 169 Å². The maximum absolute atomic E-state index is 9.36. The van der Waals surface area contributed by atoms with Crippen LogP contribution in [-0.4, -0.2) is 19.5 Å². The molecule has 0 bridgehead atoms. The molecular weight excluding hydrogens is 629 g/mol. The van der Waals surface area contributed by atoms with Gasteiger partial charge in [-0.3, -0.25) is 0 Å². The predicted octanol–water partition coefficient (Wildman–Crippen LogP) is 12.0. The molecule has 0 aliphatic heterocycles. The Morgan fingerprint density at radius 2 is 1.08 bits per heavy atom. The molecule has 10 aromatic rings. The van der Waals surface area contributed by atoms with Gasteiger partial charge in [0.25, 0.3) is 0 Å². The monoisotopic (exact) mass is 676 g/mol. The minimum Gasteiger partial charge on any atom is -0.309 e. The summed E-state index contributed by atoms with van der Waals surface area (Å²) < 4.78 is 177. The minimum atomic E-state index is -0.710. The number of hydrogen-bond acceptors (Lipinski definition) is 4. The zero-order chi connectivity index (χ0) is 50.4. The van der Waals surface area contributed by atoms with E-state index in [1.165, 1.54) is 22.8 Å². The molecule has 0 saturated heterocycles. The highest BCUT2D eigenvalue weighted by atomic mass is 32.1. The zero-order valence-corrected chi connectivity index (χ0v) is 26.1. The van der Waals surface area contributed by atoms with Crippen molar-refractivity contribution in [3.8, 4) is 51.0 Å². The standard InChI is InChI=1S/C45H28N4S/c1-3-14-29(15-4-1)43-46-44(30-16-5-2-6-17-30)48-45(47-43)36-28-31(32-21-13-25-41-42(32)35-20-9-12-24-40(35)50-41)26-27-39(36)49-37-22-10-7-18-33(37)34-19-8-11-23-38(34)49/h1-28H/i1D,3D,4D,7D,8D,9D,10D,11D,12D,13D,14D,15D,18D,19D,20D,21D,22D,23D,24D,25D. The Hall–Kier alpha value is -6.43. The number of fused-ring (bicyclic) bond motifs is 6. The van der Waals surface area contributed by atoms with E-state index in [1.807, 2.05) is 0 Å². The first-order chi connectivity index (χ1) is 33.1. The van der Waals surface area contributed by atoms with Crippen LogP contribution < -0.4 is 0 Å². The number of benzene rings is 7. The van der Waals surface area contributed by atoms with Crippen LogP contribution in [0.4, 0.5) is 0 Å². The van der Waals surface area contributed by atoms with Crippen molar-refractivity contribution >= 4 is 53.3 Å². The van der Waals surface area contributed by atoms with Gasteiger partial charge in [0.05, 0.1) is 44.1 Å². The Kier molecular flexibility index (Phi) is 3.48. The highest BCUT2D eigenvalue weighted by molar-refractivity contribution is 7.25. The molecule has 50 heavy (non-hydrogen) atoms. The van der Waals surface area contributed by atoms with Gasteiger partial charge in [0, 0.05) is 47.6 Å². The van der Waals surface area contributed by atoms with Crippen LogP contribution >= 0.6 is 11.3 Å². The molecule has 7 aromatic carbocycles. The third-order valence-electron chi connectivity index (χ3n) is 8.14. The predicted molar refractivity (Wildman–Crippen MR) is 209 cm³/mol. The Labute approximate surface area is 320 Å². The van der Waals surface area contributed by atoms with E-state index in [0.29, 0.717) is 5.56 Å². The summed E-state index contributed by atoms with van der Waals surface area (Å²) in [6.07, 6.45) is 0. The second-order valence-corrected chi connectivity index (χ2v) is 12.0. The van der Waals surface area contributed by atoms with E-state index in [2.05, 4.69) is 4.98 Å². The molecule has 0 unspecified atom stereocenters. The Morgan fingerprint density at radius 1 is 0.460 bits per heavy atom. The molecule has 4 nitrogen and oxygen atoms in total. The summed E-state index contributed by atoms with van der Waals surface area (Å²) in [4.78, 5) is 14.2. The summed E-state index contributed by atoms with van der Waals surface area (Å²) in [7, 11) is 0. The third-order valence-corrected chi connectivity index (χ3v) is 9.16. The smallest absolute Gasteiger partial charge is 0.166 e. The van der Waals surface area contributed by atoms with Gasteiger partial charge in [0.1, 0.15) is 0 Å². The number of aromatic nitrogens is 4. The van der Waals surface area contributed by atoms with Gasteiger partial charge < -0.3 is 4.57 Å². The van der Waals surface area contributed by atoms with E-state index >= 15 is 0 Å². The Balaban J connectivity index is 1.44. The molecule has 234 valence electrons. The van der Waals surface area contributed by atoms with Crippen LogP contribution in [0.25, 0.3) is 93.0 Å². The van der Waals surface area contributed by atoms with Gasteiger partial charge in [0.2, 0.25) is 0 Å². The molecule has 0 fully saturated rings. The molecule has 0 saturated carbocycles. The largest absolute Gasteiger partial charge is 0.309 e. The fourth-order valence-corrected chi connectivity index (χ4v) is 6.96. The van der Waals surface area contributed by atoms with Crippen LogP contribution in [-0.2, 0) is 0 Å². The van der Waals surface area contributed by atoms with Crippen LogP contribution in [0.15, 0.2) is 169 Å². The zero-order valence-electron chi connectivity index (χ0n) is 45.3. The quantitative estimate of drug-likeness (QED) is 0.182. The number of para-hydroxylation sites is 2. The Bertz CT molecular complexity index is 3920. The van der Waals surface area contributed by atoms with Crippen molar-refractivity contribution in [1.29, 1.82) is 0 Å². The molecule has 0 aliphatic carbocycles. The van der Waals surface area contributed by atoms with Gasteiger partial charge in [0.15, 0.2) is 17.5 Å². The number of hydrogen-bond donors (Lipinski definition) is 0. The van der Waals surface area contributed by atoms with E-state index in [0.717, 1.165) is 11.3 Å². The SMILES string of the molecule is [2H]c1c([2H])c([2H])c(-c2nc(-c3ccccc3)nc(-c3cc(-c4c([2H])c([2H])c([2H])c5sc6c([2H])c([2H])c([2H])c([2H])c6c45)ccc3-n3c4c([2H])c([2H])c([2H])c([2H])c4c4c([2H])c([2H])c([2H])c([2H])c43)n2)c([2H])c1[2H]. The first-order valence-electron chi connectivity index (χ1n) is 25.1. The number of rotatable bonds is 5. The second-order valence-electron chi connectivity index (χ2n) is 10.9. The van der Waals surface area contributed by atoms with Crippen molar-refractivity contribution in [3.63, 3.8) is 0 Å². The van der Waals surface area contributed by atoms with Crippen LogP contribution in [0, 0.1) is 0 Å². The van der Waals surface area contributed by atoms with Gasteiger partial charge in [-0.1, -0.05) is 133 Å². The van der Waals surface area contributed by atoms with E-state index in [-0.39, 0.29) is 76.0 Å². The maximum atomic E-state index is 9.36. The average Bonchev–Trinajstić information content (AvgIpc) is 3.94. The first-order valence-corrected chi connectivity index (χ1v) is 15.9. The minimum absolute atomic E-state index is 0.0296. The van der Waals surface area contributed by atoms with Crippen LogP contribution in [0.2, 0.25) is 0 Å². The van der Waals surface area contributed by atoms with Crippen molar-refractivity contribution in [2.75, 3.05) is 0 Å². The summed E-state index contributed by atoms with van der Waals surface area (Å²) in [5, 5.41) is -0.514. The molecule has 0 atom stereocenters. The normalized spacial score (nSPS) is 17.2. The Morgan fingerprint density at radius 3 is 1.84 bits per heavy atom. The second kappa shape index (κ2) is 11.6. The summed E-state index contributed by atoms with van der Waals surface area (Å²) in [6.45, 7) is 0. The lowest BCUT2D eigenvalue weighted by Gasteiger charge is -2.16. The number of thiophene rings is 1. The van der Waals surface area contributed by atoms with Gasteiger partial charge >= 0.3 is 0 Å². The highest BCUT2D eigenvalue weighted by Crippen LogP contribution is 2.43. The molecule has 5 heteroatoms. The molecule has 3 heterocycles. The van der Waals surface area contributed by atoms with Crippen LogP contribution in [0.1, 0.15) is 27.4 Å². The lowest BCUT2D eigenvalue weighted by molar-refractivity contribution is 1.06. The molecular formula is C45H28N4S. The molecule has 0 spiro atoms. The third kappa shape index (κ3) is 4.63. The van der Waals surface area contributed by atoms with Gasteiger partial charge in [-0.2, -0.15) is 0 Å². The topological polar surface area (TPSA) is 43.6 Å². The van der Waals surface area contributed by atoms with E-state index < -0.39 is 132 Å². The molecule has 0 amide bonds. The van der Waals surface area contributed by atoms with Gasteiger partial charge in [-0.05, 0) is 47.4 Å². The molecule has 0 N–H and O–H groups in total. The first kappa shape index (κ1) is 15.0. The van der Waals surface area contributed by atoms with Crippen molar-refractivity contribution in [2.24, 2.45) is 0 Å². The molecule has 0 aliphatic rings. The van der Waals surface area contributed by atoms with Crippen LogP contribution in [0.3, 0.4) is 0 Å². The van der Waals surface area contributed by atoms with E-state index in [4.69, 9.17) is 33.3 Å². The molecule has 3 aromatic heterocycles. The molecule has 0 radical (unpaired) electrons. The summed E-state index contributed by atoms with van der Waals surface area (Å²) in [6, 6.07) is 0.265. The lowest BCUT2D eigenvalue weighted by atomic mass is 9.96. The van der Waals surface area contributed by atoms with Gasteiger partial charge in [-0.25, -0.2) is 15.0 Å². The fourth-order valence-electron chi connectivity index (χ4n) is 5.99. The summed E-state index contributed by atoms with van der Waals surface area (Å²) >= 11 is 0.843. The van der Waals surface area contributed by atoms with E-state index in [9.17, 15) is 4.11 Å². The highest BCUT2D eigenvalue weighted by Gasteiger charge is 2.21. The summed E-state index contributed by atoms with van der Waals surface area (Å²) in [5.41, 5.74) is -0.889. The van der Waals surface area contributed by atoms with Crippen molar-refractivity contribution in [1.82, 2.24) is 19.5 Å². The van der Waals surface area contributed by atoms with Crippen LogP contribution in [0.5, 0.6) is 0 Å². The van der Waals surface area contributed by atoms with E-state index in [1.54, 1.807) is 30.3 Å². The molecule has 10 rings (SSSR count). The number of nitrogens with zero attached hydrogens (tertiary/aromatic N) is 4. The summed E-state index contributed by atoms with van der Waals surface area (Å²) in [5.74, 6) is -0.837. The van der Waals surface area contributed by atoms with Crippen molar-refractivity contribution < 1.29 is 27.4 Å². The fraction of sp³-hybridized carbons (Fsp3) is 0. The van der Waals surface area contributed by atoms with Gasteiger partial charge in [-0.15, -0.1) is 11.3 Å². The maximum Gasteiger partial charge on any atom is 0.166 e. The van der Waals surface area contributed by atoms with Crippen molar-refractivity contribution in [2.45, 2.75) is 0 Å².